The summed E-state index contributed by atoms with van der Waals surface area (Å²) < 4.78 is 0. The van der Waals surface area contributed by atoms with Crippen molar-refractivity contribution in [1.82, 2.24) is 15.6 Å². The first kappa shape index (κ1) is 38.6. The zero-order chi connectivity index (χ0) is 30.4. The number of carbonyl (C=O) groups excluding carboxylic acids is 2. The summed E-state index contributed by atoms with van der Waals surface area (Å²) in [6, 6.07) is -0.338. The van der Waals surface area contributed by atoms with Crippen molar-refractivity contribution in [2.24, 2.45) is 28.6 Å². The molecule has 3 unspecified atom stereocenters. The molecule has 0 aromatic carbocycles. The Morgan fingerprint density at radius 3 is 2.38 bits per heavy atom. The second-order valence-electron chi connectivity index (χ2n) is 9.98. The molecule has 1 saturated carbocycles. The van der Waals surface area contributed by atoms with E-state index in [1.807, 2.05) is 60.0 Å². The summed E-state index contributed by atoms with van der Waals surface area (Å²) in [6.07, 6.45) is 15.4. The number of carbonyl (C=O) groups is 2. The highest BCUT2D eigenvalue weighted by Gasteiger charge is 2.29. The van der Waals surface area contributed by atoms with Gasteiger partial charge >= 0.3 is 0 Å². The predicted octanol–water partition coefficient (Wildman–Crippen LogP) is 3.65. The smallest absolute Gasteiger partial charge is 0.204 e. The maximum Gasteiger partial charge on any atom is 0.204 e. The molecule has 224 valence electrons. The Morgan fingerprint density at radius 1 is 1.33 bits per heavy atom. The molecule has 0 radical (unpaired) electrons. The number of hydrogen-bond donors (Lipinski definition) is 6. The molecule has 1 aliphatic carbocycles. The van der Waals surface area contributed by atoms with E-state index in [9.17, 15) is 9.90 Å². The van der Waals surface area contributed by atoms with Crippen LogP contribution in [-0.4, -0.2) is 53.9 Å². The zero-order valence-electron chi connectivity index (χ0n) is 24.9. The first-order valence-electron chi connectivity index (χ1n) is 13.5. The van der Waals surface area contributed by atoms with Crippen LogP contribution in [0, 0.1) is 11.3 Å². The number of nitrogens with two attached hydrogens (primary N) is 3. The average molecular weight is 567 g/mol. The minimum absolute atomic E-state index is 0.184. The number of thioether (sulfide) groups is 1. The Bertz CT molecular complexity index is 803. The number of hydrazine groups is 1. The van der Waals surface area contributed by atoms with E-state index < -0.39 is 0 Å². The molecule has 39 heavy (non-hydrogen) atoms. The molecule has 2 aliphatic rings. The number of aliphatic hydroxyl groups is 1. The number of likely N-dealkylation sites (N-methyl/N-ethyl adjacent to an activating group) is 1. The molecule has 9 nitrogen and oxygen atoms in total. The van der Waals surface area contributed by atoms with Crippen LogP contribution in [0.4, 0.5) is 0 Å². The first-order valence-corrected chi connectivity index (χ1v) is 14.4. The minimum Gasteiger partial charge on any atom is -0.401 e. The number of nitrogens with zero attached hydrogens (tertiary/aromatic N) is 1. The molecule has 1 heterocycles. The van der Waals surface area contributed by atoms with Gasteiger partial charge in [-0.2, -0.15) is 0 Å². The van der Waals surface area contributed by atoms with E-state index >= 15 is 0 Å². The molecule has 3 atom stereocenters. The molecule has 0 bridgehead atoms. The first-order chi connectivity index (χ1) is 18.4. The number of hydrogen-bond acceptors (Lipinski definition) is 9. The van der Waals surface area contributed by atoms with Crippen molar-refractivity contribution >= 4 is 24.5 Å². The van der Waals surface area contributed by atoms with Crippen LogP contribution in [0.15, 0.2) is 60.0 Å². The monoisotopic (exact) mass is 566 g/mol. The van der Waals surface area contributed by atoms with Crippen LogP contribution in [0.1, 0.15) is 66.7 Å². The number of allylic oxidation sites excluding steroid dienone is 5. The summed E-state index contributed by atoms with van der Waals surface area (Å²) in [6.45, 7) is 18.3. The van der Waals surface area contributed by atoms with Gasteiger partial charge in [-0.05, 0) is 50.1 Å². The van der Waals surface area contributed by atoms with Gasteiger partial charge in [0.15, 0.2) is 0 Å². The molecule has 10 heteroatoms. The Kier molecular flexibility index (Phi) is 22.1. The Morgan fingerprint density at radius 2 is 1.92 bits per heavy atom. The highest BCUT2D eigenvalue weighted by molar-refractivity contribution is 8.04. The van der Waals surface area contributed by atoms with Crippen molar-refractivity contribution in [3.05, 3.63) is 60.0 Å². The summed E-state index contributed by atoms with van der Waals surface area (Å²) in [5.74, 6) is 6.30. The highest BCUT2D eigenvalue weighted by Crippen LogP contribution is 2.34. The predicted molar refractivity (Wildman–Crippen MR) is 167 cm³/mol. The lowest BCUT2D eigenvalue weighted by molar-refractivity contribution is -0.114. The van der Waals surface area contributed by atoms with E-state index in [4.69, 9.17) is 16.4 Å². The lowest BCUT2D eigenvalue weighted by Crippen LogP contribution is -2.46. The standard InChI is InChI=1S/C15H24N2OS.C11H21N3O.C2H6.CH3NO/c1-4-5-7-12(2)14-11-17-15(19-14)9-6-8-13(18)10-16-3;1-11(2,3)10(7-15)14(13)6-9(12)8-4-5-8;1-2;2-1-3/h4-5,7,11,13,15-18H,1-2,6,8-10H2,3H3;6-8,10H,4-5,12-13H2,1-3H3;1-2H3;1H,(H2,2,3)/b7-5-;9-6-;;. The van der Waals surface area contributed by atoms with Crippen molar-refractivity contribution in [1.29, 1.82) is 0 Å². The van der Waals surface area contributed by atoms with E-state index in [1.54, 1.807) is 24.0 Å². The van der Waals surface area contributed by atoms with Crippen LogP contribution in [0.3, 0.4) is 0 Å². The second-order valence-corrected chi connectivity index (χ2v) is 11.2. The average Bonchev–Trinajstić information content (AvgIpc) is 3.63. The maximum atomic E-state index is 11.0. The third-order valence-electron chi connectivity index (χ3n) is 5.55. The van der Waals surface area contributed by atoms with Crippen LogP contribution < -0.4 is 27.9 Å². The van der Waals surface area contributed by atoms with Gasteiger partial charge in [-0.1, -0.05) is 77.8 Å². The van der Waals surface area contributed by atoms with Gasteiger partial charge < -0.3 is 37.0 Å². The van der Waals surface area contributed by atoms with Crippen molar-refractivity contribution < 1.29 is 14.7 Å². The molecule has 1 fully saturated rings. The molecule has 1 aliphatic heterocycles. The highest BCUT2D eigenvalue weighted by atomic mass is 32.2. The largest absolute Gasteiger partial charge is 0.401 e. The zero-order valence-corrected chi connectivity index (χ0v) is 25.7. The van der Waals surface area contributed by atoms with Gasteiger partial charge in [-0.25, -0.2) is 5.84 Å². The number of aliphatic hydroxyl groups excluding tert-OH is 1. The molecule has 0 aromatic rings. The lowest BCUT2D eigenvalue weighted by atomic mass is 9.87. The second kappa shape index (κ2) is 22.3. The minimum atomic E-state index is -0.338. The van der Waals surface area contributed by atoms with Crippen molar-refractivity contribution in [3.8, 4) is 0 Å². The Labute approximate surface area is 241 Å². The summed E-state index contributed by atoms with van der Waals surface area (Å²) in [5.41, 5.74) is 11.6. The fourth-order valence-corrected chi connectivity index (χ4v) is 4.42. The number of nitrogens with one attached hydrogen (secondary N) is 2. The molecular formula is C29H54N6O3S. The third-order valence-corrected chi connectivity index (χ3v) is 6.84. The van der Waals surface area contributed by atoms with Crippen LogP contribution in [0.2, 0.25) is 0 Å². The third kappa shape index (κ3) is 18.4. The molecule has 0 aromatic heterocycles. The maximum absolute atomic E-state index is 11.0. The van der Waals surface area contributed by atoms with Gasteiger partial charge in [0.25, 0.3) is 0 Å². The van der Waals surface area contributed by atoms with Gasteiger partial charge in [0.1, 0.15) is 12.3 Å². The summed E-state index contributed by atoms with van der Waals surface area (Å²) in [7, 11) is 1.86. The molecule has 1 amide bonds. The van der Waals surface area contributed by atoms with Gasteiger partial charge in [0, 0.05) is 35.5 Å². The molecule has 0 saturated heterocycles. The lowest BCUT2D eigenvalue weighted by Gasteiger charge is -2.32. The van der Waals surface area contributed by atoms with Crippen LogP contribution >= 0.6 is 11.8 Å². The topological polar surface area (TPSA) is 160 Å². The number of primary amides is 1. The van der Waals surface area contributed by atoms with E-state index in [-0.39, 0.29) is 24.0 Å². The van der Waals surface area contributed by atoms with E-state index in [1.165, 1.54) is 9.91 Å². The van der Waals surface area contributed by atoms with E-state index in [2.05, 4.69) is 29.5 Å². The number of aldehydes is 1. The van der Waals surface area contributed by atoms with Gasteiger partial charge in [-0.3, -0.25) is 4.79 Å². The van der Waals surface area contributed by atoms with Crippen molar-refractivity contribution in [2.75, 3.05) is 13.6 Å². The van der Waals surface area contributed by atoms with Crippen LogP contribution in [0.25, 0.3) is 0 Å². The van der Waals surface area contributed by atoms with Gasteiger partial charge in [-0.15, -0.1) is 0 Å². The Hall–Kier alpha value is -2.53. The van der Waals surface area contributed by atoms with Gasteiger partial charge in [0.2, 0.25) is 6.41 Å². The quantitative estimate of drug-likeness (QED) is 0.0846. The molecular weight excluding hydrogens is 512 g/mol. The normalized spacial score (nSPS) is 17.9. The fourth-order valence-electron chi connectivity index (χ4n) is 3.34. The van der Waals surface area contributed by atoms with Crippen LogP contribution in [0.5, 0.6) is 0 Å². The molecule has 2 rings (SSSR count). The van der Waals surface area contributed by atoms with Gasteiger partial charge in [0.05, 0.1) is 11.5 Å². The summed E-state index contributed by atoms with van der Waals surface area (Å²) in [4.78, 5) is 20.7. The van der Waals surface area contributed by atoms with Crippen LogP contribution in [-0.2, 0) is 9.59 Å². The number of amides is 1. The fraction of sp³-hybridized carbons (Fsp3) is 0.586. The van der Waals surface area contributed by atoms with Crippen molar-refractivity contribution in [2.45, 2.75) is 84.2 Å². The number of rotatable bonds is 13. The molecule has 9 N–H and O–H groups in total. The SMILES string of the molecule is C=C/C=C\C(=C)C1=CNC(CCCC(O)CNC)S1.CC.CC(C)(C)C(C=O)N(N)/C=C(\N)C1CC1.NC=O. The Balaban J connectivity index is 0. The summed E-state index contributed by atoms with van der Waals surface area (Å²) in [5, 5.41) is 17.8. The summed E-state index contributed by atoms with van der Waals surface area (Å²) >= 11 is 1.80. The van der Waals surface area contributed by atoms with Crippen molar-refractivity contribution in [3.63, 3.8) is 0 Å². The molecule has 0 spiro atoms. The van der Waals surface area contributed by atoms with E-state index in [0.717, 1.165) is 49.7 Å². The van der Waals surface area contributed by atoms with E-state index in [0.29, 0.717) is 17.8 Å².